The molecule has 1 atom stereocenters. The molecular weight excluding hydrogens is 290 g/mol. The zero-order valence-corrected chi connectivity index (χ0v) is 13.8. The summed E-state index contributed by atoms with van der Waals surface area (Å²) in [5.41, 5.74) is 1.19. The average Bonchev–Trinajstić information content (AvgIpc) is 2.98. The van der Waals surface area contributed by atoms with Crippen LogP contribution in [0, 0.1) is 5.92 Å². The summed E-state index contributed by atoms with van der Waals surface area (Å²) >= 11 is 0. The second kappa shape index (κ2) is 7.19. The van der Waals surface area contributed by atoms with E-state index >= 15 is 0 Å². The van der Waals surface area contributed by atoms with Crippen molar-refractivity contribution in [3.8, 4) is 0 Å². The van der Waals surface area contributed by atoms with Crippen molar-refractivity contribution in [2.75, 3.05) is 13.1 Å². The van der Waals surface area contributed by atoms with Gasteiger partial charge in [0, 0.05) is 13.1 Å². The van der Waals surface area contributed by atoms with Crippen molar-refractivity contribution in [1.29, 1.82) is 0 Å². The van der Waals surface area contributed by atoms with Crippen LogP contribution in [0.25, 0.3) is 0 Å². The van der Waals surface area contributed by atoms with Gasteiger partial charge in [-0.05, 0) is 34.7 Å². The van der Waals surface area contributed by atoms with Crippen molar-refractivity contribution in [3.63, 3.8) is 0 Å². The molecule has 1 saturated heterocycles. The minimum Gasteiger partial charge on any atom is -0.393 e. The fraction of sp³-hybridized carbons (Fsp3) is 0.588. The molecule has 1 aliphatic rings. The third-order valence-corrected chi connectivity index (χ3v) is 4.52. The van der Waals surface area contributed by atoms with Crippen molar-refractivity contribution in [3.05, 3.63) is 41.7 Å². The van der Waals surface area contributed by atoms with E-state index in [9.17, 15) is 5.11 Å². The number of hydrogen-bond donors (Lipinski definition) is 1. The molecule has 0 amide bonds. The number of rotatable bonds is 5. The Bertz CT molecular complexity index is 604. The smallest absolute Gasteiger partial charge is 0.169 e. The number of hydrogen-bond acceptors (Lipinski definition) is 5. The number of aliphatic hydroxyl groups is 1. The Morgan fingerprint density at radius 2 is 1.87 bits per heavy atom. The maximum atomic E-state index is 9.76. The van der Waals surface area contributed by atoms with Crippen molar-refractivity contribution in [2.24, 2.45) is 5.92 Å². The highest BCUT2D eigenvalue weighted by Gasteiger charge is 2.31. The molecule has 1 N–H and O–H groups in total. The molecule has 0 bridgehead atoms. The van der Waals surface area contributed by atoms with Gasteiger partial charge in [0.1, 0.15) is 0 Å². The van der Waals surface area contributed by atoms with Crippen LogP contribution in [-0.2, 0) is 6.54 Å². The molecule has 1 aromatic carbocycles. The predicted octanol–water partition coefficient (Wildman–Crippen LogP) is 1.88. The Kier molecular flexibility index (Phi) is 5.03. The number of likely N-dealkylation sites (tertiary alicyclic amines) is 1. The van der Waals surface area contributed by atoms with Gasteiger partial charge in [-0.2, -0.15) is 0 Å². The van der Waals surface area contributed by atoms with Crippen LogP contribution in [0.4, 0.5) is 0 Å². The van der Waals surface area contributed by atoms with Gasteiger partial charge in [-0.1, -0.05) is 44.2 Å². The summed E-state index contributed by atoms with van der Waals surface area (Å²) < 4.78 is 1.91. The lowest BCUT2D eigenvalue weighted by molar-refractivity contribution is 0.0436. The molecule has 1 aromatic heterocycles. The third kappa shape index (κ3) is 3.76. The van der Waals surface area contributed by atoms with E-state index in [0.29, 0.717) is 12.5 Å². The maximum Gasteiger partial charge on any atom is 0.169 e. The quantitative estimate of drug-likeness (QED) is 0.912. The van der Waals surface area contributed by atoms with Gasteiger partial charge in [0.25, 0.3) is 0 Å². The van der Waals surface area contributed by atoms with Crippen molar-refractivity contribution in [2.45, 2.75) is 45.4 Å². The Morgan fingerprint density at radius 1 is 1.17 bits per heavy atom. The molecule has 124 valence electrons. The Morgan fingerprint density at radius 3 is 2.52 bits per heavy atom. The third-order valence-electron chi connectivity index (χ3n) is 4.52. The van der Waals surface area contributed by atoms with Crippen molar-refractivity contribution >= 4 is 0 Å². The Labute approximate surface area is 137 Å². The minimum atomic E-state index is -0.167. The number of aromatic nitrogens is 4. The molecule has 0 saturated carbocycles. The average molecular weight is 315 g/mol. The fourth-order valence-electron chi connectivity index (χ4n) is 3.34. The minimum absolute atomic E-state index is 0.167. The number of aliphatic hydroxyl groups excluding tert-OH is 1. The summed E-state index contributed by atoms with van der Waals surface area (Å²) in [7, 11) is 0. The standard InChI is InChI=1S/C17H25N5O/c1-13(2)16(21-10-8-15(23)9-11-21)17-18-19-20-22(17)12-14-6-4-3-5-7-14/h3-7,13,15-16,23H,8-12H2,1-2H3/t16-/m0/s1. The van der Waals surface area contributed by atoms with Crippen LogP contribution < -0.4 is 0 Å². The molecule has 6 nitrogen and oxygen atoms in total. The molecule has 2 heterocycles. The van der Waals surface area contributed by atoms with Gasteiger partial charge in [-0.15, -0.1) is 5.10 Å². The van der Waals surface area contributed by atoms with E-state index in [1.54, 1.807) is 0 Å². The maximum absolute atomic E-state index is 9.76. The highest BCUT2D eigenvalue weighted by Crippen LogP contribution is 2.29. The van der Waals surface area contributed by atoms with E-state index in [1.165, 1.54) is 5.56 Å². The SMILES string of the molecule is CC(C)[C@@H](c1nnnn1Cc1ccccc1)N1CCC(O)CC1. The van der Waals surface area contributed by atoms with Crippen molar-refractivity contribution in [1.82, 2.24) is 25.1 Å². The van der Waals surface area contributed by atoms with Gasteiger partial charge >= 0.3 is 0 Å². The summed E-state index contributed by atoms with van der Waals surface area (Å²) in [6.45, 7) is 6.88. The first kappa shape index (κ1) is 16.1. The second-order valence-corrected chi connectivity index (χ2v) is 6.64. The Balaban J connectivity index is 1.82. The number of benzene rings is 1. The van der Waals surface area contributed by atoms with Crippen LogP contribution in [0.15, 0.2) is 30.3 Å². The predicted molar refractivity (Wildman–Crippen MR) is 87.8 cm³/mol. The van der Waals surface area contributed by atoms with E-state index in [1.807, 2.05) is 22.9 Å². The lowest BCUT2D eigenvalue weighted by Gasteiger charge is -2.37. The van der Waals surface area contributed by atoms with Gasteiger partial charge in [0.2, 0.25) is 0 Å². The molecule has 3 rings (SSSR count). The molecular formula is C17H25N5O. The second-order valence-electron chi connectivity index (χ2n) is 6.64. The van der Waals surface area contributed by atoms with Crippen LogP contribution in [0.5, 0.6) is 0 Å². The van der Waals surface area contributed by atoms with Gasteiger partial charge in [0.05, 0.1) is 18.7 Å². The normalized spacial score (nSPS) is 18.4. The van der Waals surface area contributed by atoms with E-state index < -0.39 is 0 Å². The molecule has 6 heteroatoms. The summed E-state index contributed by atoms with van der Waals surface area (Å²) in [6.07, 6.45) is 1.48. The van der Waals surface area contributed by atoms with Crippen LogP contribution in [-0.4, -0.2) is 49.4 Å². The van der Waals surface area contributed by atoms with Crippen LogP contribution in [0.2, 0.25) is 0 Å². The van der Waals surface area contributed by atoms with Gasteiger partial charge in [0.15, 0.2) is 5.82 Å². The zero-order valence-electron chi connectivity index (χ0n) is 13.8. The fourth-order valence-corrected chi connectivity index (χ4v) is 3.34. The molecule has 0 aliphatic carbocycles. The van der Waals surface area contributed by atoms with E-state index in [4.69, 9.17) is 0 Å². The van der Waals surface area contributed by atoms with Crippen LogP contribution in [0.3, 0.4) is 0 Å². The summed E-state index contributed by atoms with van der Waals surface area (Å²) in [6, 6.07) is 10.4. The Hall–Kier alpha value is -1.79. The van der Waals surface area contributed by atoms with Crippen LogP contribution >= 0.6 is 0 Å². The van der Waals surface area contributed by atoms with Crippen molar-refractivity contribution < 1.29 is 5.11 Å². The first-order chi connectivity index (χ1) is 11.1. The molecule has 23 heavy (non-hydrogen) atoms. The molecule has 0 unspecified atom stereocenters. The first-order valence-electron chi connectivity index (χ1n) is 8.37. The lowest BCUT2D eigenvalue weighted by atomic mass is 9.97. The highest BCUT2D eigenvalue weighted by atomic mass is 16.3. The number of piperidine rings is 1. The molecule has 1 aliphatic heterocycles. The van der Waals surface area contributed by atoms with Crippen LogP contribution in [0.1, 0.15) is 44.1 Å². The topological polar surface area (TPSA) is 67.1 Å². The van der Waals surface area contributed by atoms with Gasteiger partial charge < -0.3 is 5.11 Å². The summed E-state index contributed by atoms with van der Waals surface area (Å²) in [4.78, 5) is 2.41. The van der Waals surface area contributed by atoms with E-state index in [2.05, 4.69) is 46.4 Å². The van der Waals surface area contributed by atoms with E-state index in [-0.39, 0.29) is 12.1 Å². The highest BCUT2D eigenvalue weighted by molar-refractivity contribution is 5.15. The monoisotopic (exact) mass is 315 g/mol. The zero-order chi connectivity index (χ0) is 16.2. The molecule has 0 radical (unpaired) electrons. The first-order valence-corrected chi connectivity index (χ1v) is 8.37. The molecule has 2 aromatic rings. The summed E-state index contributed by atoms with van der Waals surface area (Å²) in [5.74, 6) is 1.33. The largest absolute Gasteiger partial charge is 0.393 e. The summed E-state index contributed by atoms with van der Waals surface area (Å²) in [5, 5.41) is 22.2. The lowest BCUT2D eigenvalue weighted by Crippen LogP contribution is -2.41. The molecule has 0 spiro atoms. The van der Waals surface area contributed by atoms with Gasteiger partial charge in [-0.25, -0.2) is 4.68 Å². The molecule has 1 fully saturated rings. The van der Waals surface area contributed by atoms with E-state index in [0.717, 1.165) is 31.8 Å². The number of nitrogens with zero attached hydrogens (tertiary/aromatic N) is 5. The van der Waals surface area contributed by atoms with Gasteiger partial charge in [-0.3, -0.25) is 4.90 Å². The number of tetrazole rings is 1.